The van der Waals surface area contributed by atoms with Gasteiger partial charge in [-0.3, -0.25) is 4.99 Å². The SMILES string of the molecule is C=C(C)CNC(N)=NCC1(O)CCc2ccccc21.I. The molecule has 0 bridgehead atoms. The molecule has 1 aromatic rings. The summed E-state index contributed by atoms with van der Waals surface area (Å²) in [6.07, 6.45) is 1.59. The summed E-state index contributed by atoms with van der Waals surface area (Å²) in [6, 6.07) is 7.97. The largest absolute Gasteiger partial charge is 0.383 e. The first kappa shape index (κ1) is 17.0. The standard InChI is InChI=1S/C15H21N3O.HI/c1-11(2)9-17-14(16)18-10-15(19)8-7-12-5-3-4-6-13(12)15;/h3-6,19H,1,7-10H2,2H3,(H3,16,17,18);1H. The van der Waals surface area contributed by atoms with Crippen molar-refractivity contribution in [1.29, 1.82) is 0 Å². The topological polar surface area (TPSA) is 70.6 Å². The number of aryl methyl sites for hydroxylation is 1. The van der Waals surface area contributed by atoms with E-state index in [1.54, 1.807) is 0 Å². The minimum absolute atomic E-state index is 0. The van der Waals surface area contributed by atoms with Crippen molar-refractivity contribution in [3.05, 3.63) is 47.5 Å². The lowest BCUT2D eigenvalue weighted by molar-refractivity contribution is 0.0486. The fraction of sp³-hybridized carbons (Fsp3) is 0.400. The highest BCUT2D eigenvalue weighted by Crippen LogP contribution is 2.36. The second-order valence-corrected chi connectivity index (χ2v) is 5.20. The minimum Gasteiger partial charge on any atom is -0.383 e. The molecule has 0 amide bonds. The Morgan fingerprint density at radius 1 is 1.50 bits per heavy atom. The van der Waals surface area contributed by atoms with E-state index in [9.17, 15) is 5.11 Å². The van der Waals surface area contributed by atoms with Crippen LogP contribution in [0.2, 0.25) is 0 Å². The first-order chi connectivity index (χ1) is 9.01. The molecule has 5 heteroatoms. The minimum atomic E-state index is -0.883. The molecule has 20 heavy (non-hydrogen) atoms. The van der Waals surface area contributed by atoms with Gasteiger partial charge in [-0.1, -0.05) is 36.4 Å². The van der Waals surface area contributed by atoms with Crippen molar-refractivity contribution in [2.45, 2.75) is 25.4 Å². The second-order valence-electron chi connectivity index (χ2n) is 5.20. The van der Waals surface area contributed by atoms with Gasteiger partial charge in [0.2, 0.25) is 0 Å². The lowest BCUT2D eigenvalue weighted by Gasteiger charge is -2.22. The van der Waals surface area contributed by atoms with E-state index in [-0.39, 0.29) is 24.0 Å². The molecule has 4 nitrogen and oxygen atoms in total. The summed E-state index contributed by atoms with van der Waals surface area (Å²) in [5.41, 5.74) is 8.05. The number of aliphatic hydroxyl groups is 1. The van der Waals surface area contributed by atoms with E-state index in [1.807, 2.05) is 25.1 Å². The lowest BCUT2D eigenvalue weighted by Crippen LogP contribution is -2.35. The fourth-order valence-corrected chi connectivity index (χ4v) is 2.35. The number of benzene rings is 1. The molecule has 0 fully saturated rings. The molecular formula is C15H22IN3O. The predicted molar refractivity (Wildman–Crippen MR) is 93.4 cm³/mol. The zero-order valence-corrected chi connectivity index (χ0v) is 14.1. The summed E-state index contributed by atoms with van der Waals surface area (Å²) in [4.78, 5) is 4.24. The van der Waals surface area contributed by atoms with E-state index in [1.165, 1.54) is 5.56 Å². The van der Waals surface area contributed by atoms with Gasteiger partial charge in [-0.25, -0.2) is 0 Å². The maximum atomic E-state index is 10.7. The molecule has 0 radical (unpaired) electrons. The number of fused-ring (bicyclic) bond motifs is 1. The van der Waals surface area contributed by atoms with Crippen LogP contribution >= 0.6 is 24.0 Å². The molecular weight excluding hydrogens is 365 g/mol. The van der Waals surface area contributed by atoms with E-state index in [2.05, 4.69) is 23.0 Å². The molecule has 0 spiro atoms. The van der Waals surface area contributed by atoms with Crippen LogP contribution in [-0.2, 0) is 12.0 Å². The number of guanidine groups is 1. The normalized spacial score (nSPS) is 21.0. The molecule has 1 aromatic carbocycles. The van der Waals surface area contributed by atoms with Gasteiger partial charge in [-0.05, 0) is 30.9 Å². The average Bonchev–Trinajstić information content (AvgIpc) is 2.73. The van der Waals surface area contributed by atoms with Gasteiger partial charge in [-0.2, -0.15) is 0 Å². The van der Waals surface area contributed by atoms with Gasteiger partial charge in [0, 0.05) is 6.54 Å². The Kier molecular flexibility index (Phi) is 6.01. The Bertz CT molecular complexity index is 516. The molecule has 0 saturated heterocycles. The van der Waals surface area contributed by atoms with Gasteiger partial charge >= 0.3 is 0 Å². The zero-order chi connectivity index (χ0) is 13.9. The van der Waals surface area contributed by atoms with Crippen LogP contribution in [0.5, 0.6) is 0 Å². The van der Waals surface area contributed by atoms with Crippen LogP contribution in [0.15, 0.2) is 41.4 Å². The van der Waals surface area contributed by atoms with E-state index < -0.39 is 5.60 Å². The molecule has 0 heterocycles. The van der Waals surface area contributed by atoms with Crippen LogP contribution in [0.4, 0.5) is 0 Å². The smallest absolute Gasteiger partial charge is 0.188 e. The van der Waals surface area contributed by atoms with Gasteiger partial charge in [-0.15, -0.1) is 24.0 Å². The Morgan fingerprint density at radius 2 is 2.20 bits per heavy atom. The number of aliphatic imine (C=N–C) groups is 1. The van der Waals surface area contributed by atoms with Crippen LogP contribution < -0.4 is 11.1 Å². The molecule has 2 rings (SSSR count). The number of hydrogen-bond donors (Lipinski definition) is 3. The van der Waals surface area contributed by atoms with E-state index in [4.69, 9.17) is 5.73 Å². The Morgan fingerprint density at radius 3 is 2.90 bits per heavy atom. The highest BCUT2D eigenvalue weighted by Gasteiger charge is 2.36. The lowest BCUT2D eigenvalue weighted by atomic mass is 9.96. The number of nitrogens with one attached hydrogen (secondary N) is 1. The Hall–Kier alpha value is -1.08. The number of hydrogen-bond acceptors (Lipinski definition) is 2. The Labute approximate surface area is 137 Å². The second kappa shape index (κ2) is 7.08. The van der Waals surface area contributed by atoms with Crippen LogP contribution in [-0.4, -0.2) is 24.2 Å². The number of nitrogens with two attached hydrogens (primary N) is 1. The average molecular weight is 387 g/mol. The van der Waals surface area contributed by atoms with Gasteiger partial charge in [0.15, 0.2) is 5.96 Å². The van der Waals surface area contributed by atoms with Crippen molar-refractivity contribution in [1.82, 2.24) is 5.32 Å². The quantitative estimate of drug-likeness (QED) is 0.320. The summed E-state index contributed by atoms with van der Waals surface area (Å²) >= 11 is 0. The van der Waals surface area contributed by atoms with Gasteiger partial charge in [0.1, 0.15) is 5.60 Å². The first-order valence-corrected chi connectivity index (χ1v) is 6.50. The highest BCUT2D eigenvalue weighted by atomic mass is 127. The van der Waals surface area contributed by atoms with Crippen LogP contribution in [0.3, 0.4) is 0 Å². The van der Waals surface area contributed by atoms with Crippen molar-refractivity contribution >= 4 is 29.9 Å². The first-order valence-electron chi connectivity index (χ1n) is 6.50. The van der Waals surface area contributed by atoms with Crippen molar-refractivity contribution < 1.29 is 5.11 Å². The van der Waals surface area contributed by atoms with E-state index in [0.29, 0.717) is 25.5 Å². The molecule has 0 saturated carbocycles. The molecule has 0 aromatic heterocycles. The van der Waals surface area contributed by atoms with Crippen molar-refractivity contribution in [3.63, 3.8) is 0 Å². The summed E-state index contributed by atoms with van der Waals surface area (Å²) in [5.74, 6) is 0.348. The molecule has 110 valence electrons. The van der Waals surface area contributed by atoms with E-state index >= 15 is 0 Å². The fourth-order valence-electron chi connectivity index (χ4n) is 2.35. The van der Waals surface area contributed by atoms with Crippen LogP contribution in [0.1, 0.15) is 24.5 Å². The van der Waals surface area contributed by atoms with Gasteiger partial charge in [0.05, 0.1) is 6.54 Å². The third-order valence-electron chi connectivity index (χ3n) is 3.41. The maximum absolute atomic E-state index is 10.7. The maximum Gasteiger partial charge on any atom is 0.188 e. The molecule has 1 unspecified atom stereocenters. The molecule has 1 atom stereocenters. The van der Waals surface area contributed by atoms with Crippen LogP contribution in [0.25, 0.3) is 0 Å². The predicted octanol–water partition coefficient (Wildman–Crippen LogP) is 1.92. The summed E-state index contributed by atoms with van der Waals surface area (Å²) < 4.78 is 0. The molecule has 0 aliphatic heterocycles. The molecule has 4 N–H and O–H groups in total. The van der Waals surface area contributed by atoms with Gasteiger partial charge < -0.3 is 16.2 Å². The third kappa shape index (κ3) is 3.96. The number of halogens is 1. The highest BCUT2D eigenvalue weighted by molar-refractivity contribution is 14.0. The van der Waals surface area contributed by atoms with Crippen molar-refractivity contribution in [3.8, 4) is 0 Å². The zero-order valence-electron chi connectivity index (χ0n) is 11.7. The number of rotatable bonds is 4. The third-order valence-corrected chi connectivity index (χ3v) is 3.41. The summed E-state index contributed by atoms with van der Waals surface area (Å²) in [5, 5.41) is 13.6. The van der Waals surface area contributed by atoms with Gasteiger partial charge in [0.25, 0.3) is 0 Å². The number of nitrogens with zero attached hydrogens (tertiary/aromatic N) is 1. The monoisotopic (exact) mass is 387 g/mol. The molecule has 1 aliphatic rings. The van der Waals surface area contributed by atoms with E-state index in [0.717, 1.165) is 17.6 Å². The summed E-state index contributed by atoms with van der Waals surface area (Å²) in [6.45, 7) is 6.60. The van der Waals surface area contributed by atoms with Crippen molar-refractivity contribution in [2.24, 2.45) is 10.7 Å². The van der Waals surface area contributed by atoms with Crippen molar-refractivity contribution in [2.75, 3.05) is 13.1 Å². The van der Waals surface area contributed by atoms with Crippen LogP contribution in [0, 0.1) is 0 Å². The molecule has 1 aliphatic carbocycles. The summed E-state index contributed by atoms with van der Waals surface area (Å²) in [7, 11) is 0. The Balaban J connectivity index is 0.00000200.